The van der Waals surface area contributed by atoms with Crippen molar-refractivity contribution in [2.45, 2.75) is 57.1 Å². The Morgan fingerprint density at radius 1 is 1.06 bits per heavy atom. The van der Waals surface area contributed by atoms with E-state index < -0.39 is 0 Å². The fraction of sp³-hybridized carbons (Fsp3) is 1.00. The Labute approximate surface area is 104 Å². The van der Waals surface area contributed by atoms with Crippen molar-refractivity contribution < 1.29 is 4.74 Å². The molecule has 2 nitrogen and oxygen atoms in total. The molecule has 0 aromatic rings. The number of hydrogen-bond acceptors (Lipinski definition) is 3. The van der Waals surface area contributed by atoms with Gasteiger partial charge in [-0.05, 0) is 31.4 Å². The molecule has 1 saturated heterocycles. The van der Waals surface area contributed by atoms with Crippen molar-refractivity contribution in [2.75, 3.05) is 24.7 Å². The topological polar surface area (TPSA) is 21.3 Å². The molecule has 0 aromatic carbocycles. The number of rotatable bonds is 5. The van der Waals surface area contributed by atoms with Crippen LogP contribution in [-0.2, 0) is 4.74 Å². The van der Waals surface area contributed by atoms with Gasteiger partial charge in [0.25, 0.3) is 0 Å². The number of thioether (sulfide) groups is 1. The van der Waals surface area contributed by atoms with Crippen molar-refractivity contribution in [1.29, 1.82) is 0 Å². The molecule has 0 bridgehead atoms. The van der Waals surface area contributed by atoms with E-state index in [0.29, 0.717) is 6.10 Å². The first-order chi connectivity index (χ1) is 7.95. The summed E-state index contributed by atoms with van der Waals surface area (Å²) in [6, 6.07) is 0.744. The standard InChI is InChI=1S/C13H25NOS/c1-2-6-13(7-3-1)15-9-8-14-12-5-4-10-16-11-12/h12-14H,1-11H2. The lowest BCUT2D eigenvalue weighted by Gasteiger charge is -2.24. The Morgan fingerprint density at radius 3 is 2.69 bits per heavy atom. The van der Waals surface area contributed by atoms with Crippen LogP contribution in [-0.4, -0.2) is 36.8 Å². The minimum atomic E-state index is 0.566. The zero-order chi connectivity index (χ0) is 11.1. The highest BCUT2D eigenvalue weighted by molar-refractivity contribution is 7.99. The molecule has 2 rings (SSSR count). The van der Waals surface area contributed by atoms with Gasteiger partial charge in [-0.15, -0.1) is 0 Å². The highest BCUT2D eigenvalue weighted by Gasteiger charge is 2.15. The summed E-state index contributed by atoms with van der Waals surface area (Å²) in [5.41, 5.74) is 0. The van der Waals surface area contributed by atoms with Crippen LogP contribution in [0.3, 0.4) is 0 Å². The molecule has 1 N–H and O–H groups in total. The molecular weight excluding hydrogens is 218 g/mol. The van der Waals surface area contributed by atoms with E-state index in [1.807, 2.05) is 0 Å². The van der Waals surface area contributed by atoms with Gasteiger partial charge in [0.15, 0.2) is 0 Å². The maximum absolute atomic E-state index is 5.90. The van der Waals surface area contributed by atoms with Crippen LogP contribution in [0.1, 0.15) is 44.9 Å². The summed E-state index contributed by atoms with van der Waals surface area (Å²) in [5.74, 6) is 2.65. The summed E-state index contributed by atoms with van der Waals surface area (Å²) >= 11 is 2.09. The van der Waals surface area contributed by atoms with E-state index in [1.165, 1.54) is 56.5 Å². The number of ether oxygens (including phenoxy) is 1. The molecule has 0 amide bonds. The van der Waals surface area contributed by atoms with Gasteiger partial charge in [0.2, 0.25) is 0 Å². The summed E-state index contributed by atoms with van der Waals surface area (Å²) in [6.45, 7) is 1.95. The molecular formula is C13H25NOS. The van der Waals surface area contributed by atoms with Gasteiger partial charge in [0.1, 0.15) is 0 Å². The van der Waals surface area contributed by atoms with Crippen molar-refractivity contribution in [3.05, 3.63) is 0 Å². The van der Waals surface area contributed by atoms with Gasteiger partial charge in [0, 0.05) is 18.3 Å². The molecule has 1 saturated carbocycles. The van der Waals surface area contributed by atoms with Crippen LogP contribution in [0.25, 0.3) is 0 Å². The van der Waals surface area contributed by atoms with Gasteiger partial charge in [0.05, 0.1) is 12.7 Å². The number of nitrogens with one attached hydrogen (secondary N) is 1. The minimum Gasteiger partial charge on any atom is -0.377 e. The fourth-order valence-electron chi connectivity index (χ4n) is 2.62. The van der Waals surface area contributed by atoms with Crippen LogP contribution in [0.2, 0.25) is 0 Å². The quantitative estimate of drug-likeness (QED) is 0.750. The summed E-state index contributed by atoms with van der Waals surface area (Å²) in [4.78, 5) is 0. The summed E-state index contributed by atoms with van der Waals surface area (Å²) in [7, 11) is 0. The maximum Gasteiger partial charge on any atom is 0.0594 e. The Balaban J connectivity index is 1.47. The first-order valence-electron chi connectivity index (χ1n) is 6.88. The van der Waals surface area contributed by atoms with Crippen molar-refractivity contribution in [3.63, 3.8) is 0 Å². The Bertz CT molecular complexity index is 157. The van der Waals surface area contributed by atoms with Crippen molar-refractivity contribution >= 4 is 11.8 Å². The van der Waals surface area contributed by atoms with E-state index in [4.69, 9.17) is 4.74 Å². The lowest BCUT2D eigenvalue weighted by atomic mass is 9.98. The van der Waals surface area contributed by atoms with Gasteiger partial charge in [-0.2, -0.15) is 11.8 Å². The van der Waals surface area contributed by atoms with Crippen molar-refractivity contribution in [1.82, 2.24) is 5.32 Å². The highest BCUT2D eigenvalue weighted by Crippen LogP contribution is 2.20. The lowest BCUT2D eigenvalue weighted by Crippen LogP contribution is -2.36. The smallest absolute Gasteiger partial charge is 0.0594 e. The fourth-order valence-corrected chi connectivity index (χ4v) is 3.73. The van der Waals surface area contributed by atoms with Gasteiger partial charge in [-0.3, -0.25) is 0 Å². The Kier molecular flexibility index (Phi) is 6.02. The predicted molar refractivity (Wildman–Crippen MR) is 71.2 cm³/mol. The van der Waals surface area contributed by atoms with Crippen LogP contribution in [0.4, 0.5) is 0 Å². The molecule has 1 atom stereocenters. The summed E-state index contributed by atoms with van der Waals surface area (Å²) in [5, 5.41) is 3.62. The zero-order valence-corrected chi connectivity index (χ0v) is 11.1. The molecule has 2 fully saturated rings. The second-order valence-electron chi connectivity index (χ2n) is 5.00. The molecule has 1 aliphatic carbocycles. The molecule has 1 aliphatic heterocycles. The van der Waals surface area contributed by atoms with Crippen LogP contribution >= 0.6 is 11.8 Å². The molecule has 3 heteroatoms. The third-order valence-corrected chi connectivity index (χ3v) is 4.82. The number of hydrogen-bond donors (Lipinski definition) is 1. The van der Waals surface area contributed by atoms with Gasteiger partial charge < -0.3 is 10.1 Å². The average molecular weight is 243 g/mol. The largest absolute Gasteiger partial charge is 0.377 e. The van der Waals surface area contributed by atoms with E-state index in [9.17, 15) is 0 Å². The molecule has 0 spiro atoms. The van der Waals surface area contributed by atoms with Crippen LogP contribution in [0.15, 0.2) is 0 Å². The lowest BCUT2D eigenvalue weighted by molar-refractivity contribution is 0.0295. The average Bonchev–Trinajstić information content (AvgIpc) is 2.37. The molecule has 0 aromatic heterocycles. The van der Waals surface area contributed by atoms with E-state index in [0.717, 1.165) is 19.2 Å². The van der Waals surface area contributed by atoms with E-state index in [1.54, 1.807) is 0 Å². The van der Waals surface area contributed by atoms with Gasteiger partial charge in [-0.1, -0.05) is 19.3 Å². The van der Waals surface area contributed by atoms with E-state index in [2.05, 4.69) is 17.1 Å². The van der Waals surface area contributed by atoms with Crippen LogP contribution in [0.5, 0.6) is 0 Å². The SMILES string of the molecule is C1CCC(OCCNC2CCCSC2)CC1. The Hall–Kier alpha value is 0.270. The highest BCUT2D eigenvalue weighted by atomic mass is 32.2. The van der Waals surface area contributed by atoms with Crippen molar-refractivity contribution in [2.24, 2.45) is 0 Å². The normalized spacial score (nSPS) is 28.1. The zero-order valence-electron chi connectivity index (χ0n) is 10.2. The second-order valence-corrected chi connectivity index (χ2v) is 6.15. The second kappa shape index (κ2) is 7.57. The first kappa shape index (κ1) is 12.7. The molecule has 1 unspecified atom stereocenters. The molecule has 94 valence electrons. The summed E-state index contributed by atoms with van der Waals surface area (Å²) in [6.07, 6.45) is 10.0. The molecule has 16 heavy (non-hydrogen) atoms. The monoisotopic (exact) mass is 243 g/mol. The van der Waals surface area contributed by atoms with Gasteiger partial charge in [-0.25, -0.2) is 0 Å². The van der Waals surface area contributed by atoms with Gasteiger partial charge >= 0.3 is 0 Å². The summed E-state index contributed by atoms with van der Waals surface area (Å²) < 4.78 is 5.90. The predicted octanol–water partition coefficient (Wildman–Crippen LogP) is 2.82. The van der Waals surface area contributed by atoms with Crippen LogP contribution in [0, 0.1) is 0 Å². The molecule has 0 radical (unpaired) electrons. The molecule has 2 aliphatic rings. The van der Waals surface area contributed by atoms with E-state index in [-0.39, 0.29) is 0 Å². The van der Waals surface area contributed by atoms with Crippen molar-refractivity contribution in [3.8, 4) is 0 Å². The Morgan fingerprint density at radius 2 is 1.94 bits per heavy atom. The van der Waals surface area contributed by atoms with E-state index >= 15 is 0 Å². The third kappa shape index (κ3) is 4.64. The molecule has 1 heterocycles. The van der Waals surface area contributed by atoms with Crippen LogP contribution < -0.4 is 5.32 Å². The minimum absolute atomic E-state index is 0.566. The first-order valence-corrected chi connectivity index (χ1v) is 8.03. The maximum atomic E-state index is 5.90. The third-order valence-electron chi connectivity index (χ3n) is 3.60.